The lowest BCUT2D eigenvalue weighted by Crippen LogP contribution is -2.43. The van der Waals surface area contributed by atoms with E-state index in [4.69, 9.17) is 4.98 Å². The fourth-order valence-electron chi connectivity index (χ4n) is 4.52. The number of fused-ring (bicyclic) bond motifs is 1. The zero-order valence-corrected chi connectivity index (χ0v) is 16.2. The van der Waals surface area contributed by atoms with Crippen LogP contribution >= 0.6 is 0 Å². The molecule has 0 saturated carbocycles. The van der Waals surface area contributed by atoms with Crippen molar-refractivity contribution in [3.05, 3.63) is 90.1 Å². The summed E-state index contributed by atoms with van der Waals surface area (Å²) in [7, 11) is 1.98. The van der Waals surface area contributed by atoms with Gasteiger partial charge in [-0.1, -0.05) is 36.4 Å². The van der Waals surface area contributed by atoms with Crippen LogP contribution in [0.25, 0.3) is 5.65 Å². The van der Waals surface area contributed by atoms with E-state index in [1.54, 1.807) is 0 Å². The number of hydrogen-bond acceptors (Lipinski definition) is 3. The summed E-state index contributed by atoms with van der Waals surface area (Å²) >= 11 is 0. The first-order chi connectivity index (χ1) is 13.7. The van der Waals surface area contributed by atoms with Gasteiger partial charge in [0.05, 0.1) is 11.9 Å². The molecular weight excluding hydrogens is 346 g/mol. The quantitative estimate of drug-likeness (QED) is 0.550. The van der Waals surface area contributed by atoms with Crippen LogP contribution in [-0.2, 0) is 19.0 Å². The molecule has 0 aliphatic carbocycles. The Hall–Kier alpha value is -2.92. The lowest BCUT2D eigenvalue weighted by Gasteiger charge is -2.41. The van der Waals surface area contributed by atoms with Crippen molar-refractivity contribution in [1.29, 1.82) is 0 Å². The molecule has 5 heteroatoms. The monoisotopic (exact) mass is 371 g/mol. The third-order valence-electron chi connectivity index (χ3n) is 6.05. The van der Waals surface area contributed by atoms with E-state index in [-0.39, 0.29) is 5.41 Å². The summed E-state index contributed by atoms with van der Waals surface area (Å²) in [6.07, 6.45) is 10.5. The predicted octanol–water partition coefficient (Wildman–Crippen LogP) is 3.65. The molecule has 4 aromatic rings. The van der Waals surface area contributed by atoms with E-state index in [0.717, 1.165) is 38.1 Å². The van der Waals surface area contributed by atoms with Crippen LogP contribution in [0.5, 0.6) is 0 Å². The van der Waals surface area contributed by atoms with E-state index in [9.17, 15) is 0 Å². The molecule has 0 spiro atoms. The Bertz CT molecular complexity index is 1040. The van der Waals surface area contributed by atoms with Gasteiger partial charge in [0.25, 0.3) is 0 Å². The van der Waals surface area contributed by atoms with Gasteiger partial charge in [-0.05, 0) is 43.6 Å². The van der Waals surface area contributed by atoms with Crippen molar-refractivity contribution in [1.82, 2.24) is 24.1 Å². The van der Waals surface area contributed by atoms with Gasteiger partial charge in [0, 0.05) is 43.2 Å². The van der Waals surface area contributed by atoms with Crippen LogP contribution in [-0.4, -0.2) is 37.2 Å². The minimum Gasteiger partial charge on any atom is -0.307 e. The molecule has 1 fully saturated rings. The largest absolute Gasteiger partial charge is 0.307 e. The van der Waals surface area contributed by atoms with Gasteiger partial charge in [0.2, 0.25) is 0 Å². The molecule has 0 atom stereocenters. The second-order valence-corrected chi connectivity index (χ2v) is 7.84. The Morgan fingerprint density at radius 3 is 2.46 bits per heavy atom. The summed E-state index contributed by atoms with van der Waals surface area (Å²) in [5.41, 5.74) is 4.83. The number of hydrogen-bond donors (Lipinski definition) is 0. The summed E-state index contributed by atoms with van der Waals surface area (Å²) in [4.78, 5) is 7.56. The molecule has 1 aliphatic heterocycles. The van der Waals surface area contributed by atoms with Gasteiger partial charge < -0.3 is 4.40 Å². The number of benzene rings is 1. The second-order valence-electron chi connectivity index (χ2n) is 7.84. The van der Waals surface area contributed by atoms with Crippen LogP contribution in [0.15, 0.2) is 73.3 Å². The first-order valence-corrected chi connectivity index (χ1v) is 9.93. The Labute approximate surface area is 165 Å². The van der Waals surface area contributed by atoms with E-state index in [2.05, 4.69) is 81.5 Å². The van der Waals surface area contributed by atoms with Crippen LogP contribution in [0, 0.1) is 0 Å². The molecule has 28 heavy (non-hydrogen) atoms. The van der Waals surface area contributed by atoms with Crippen LogP contribution in [0.2, 0.25) is 0 Å². The van der Waals surface area contributed by atoms with Crippen LogP contribution in [0.4, 0.5) is 0 Å². The van der Waals surface area contributed by atoms with Crippen molar-refractivity contribution in [3.8, 4) is 0 Å². The third kappa shape index (κ3) is 3.02. The van der Waals surface area contributed by atoms with E-state index in [1.807, 2.05) is 17.9 Å². The zero-order chi connectivity index (χ0) is 19.0. The summed E-state index contributed by atoms with van der Waals surface area (Å²) in [5.74, 6) is 0. The van der Waals surface area contributed by atoms with Gasteiger partial charge in [-0.25, -0.2) is 4.98 Å². The summed E-state index contributed by atoms with van der Waals surface area (Å²) in [5, 5.41) is 4.31. The number of imidazole rings is 1. The Kier molecular flexibility index (Phi) is 4.24. The molecule has 1 aliphatic rings. The van der Waals surface area contributed by atoms with Crippen LogP contribution in [0.1, 0.15) is 29.7 Å². The first kappa shape index (κ1) is 17.2. The highest BCUT2D eigenvalue weighted by Gasteiger charge is 2.39. The molecule has 1 saturated heterocycles. The number of rotatable bonds is 4. The molecule has 0 amide bonds. The average Bonchev–Trinajstić information content (AvgIpc) is 3.35. The molecule has 142 valence electrons. The molecule has 5 rings (SSSR count). The van der Waals surface area contributed by atoms with E-state index >= 15 is 0 Å². The lowest BCUT2D eigenvalue weighted by atomic mass is 9.70. The summed E-state index contributed by atoms with van der Waals surface area (Å²) in [6.45, 7) is 3.07. The maximum Gasteiger partial charge on any atom is 0.137 e. The molecule has 5 nitrogen and oxygen atoms in total. The highest BCUT2D eigenvalue weighted by atomic mass is 15.2. The second kappa shape index (κ2) is 6.91. The molecule has 3 aromatic heterocycles. The molecule has 0 radical (unpaired) electrons. The number of nitrogens with zero attached hydrogens (tertiary/aromatic N) is 5. The number of likely N-dealkylation sites (tertiary alicyclic amines) is 1. The van der Waals surface area contributed by atoms with Gasteiger partial charge in [-0.15, -0.1) is 0 Å². The van der Waals surface area contributed by atoms with Crippen molar-refractivity contribution in [2.24, 2.45) is 7.05 Å². The van der Waals surface area contributed by atoms with Crippen molar-refractivity contribution in [2.75, 3.05) is 13.1 Å². The molecule has 1 aromatic carbocycles. The Balaban J connectivity index is 1.47. The van der Waals surface area contributed by atoms with E-state index < -0.39 is 0 Å². The molecule has 0 bridgehead atoms. The Morgan fingerprint density at radius 1 is 0.964 bits per heavy atom. The molecule has 0 N–H and O–H groups in total. The first-order valence-electron chi connectivity index (χ1n) is 9.93. The minimum atomic E-state index is -0.0290. The number of pyridine rings is 1. The van der Waals surface area contributed by atoms with Gasteiger partial charge in [-0.3, -0.25) is 9.58 Å². The fraction of sp³-hybridized carbons (Fsp3) is 0.304. The van der Waals surface area contributed by atoms with Crippen molar-refractivity contribution >= 4 is 5.65 Å². The highest BCUT2D eigenvalue weighted by molar-refractivity contribution is 5.45. The predicted molar refractivity (Wildman–Crippen MR) is 110 cm³/mol. The normalized spacial score (nSPS) is 17.2. The highest BCUT2D eigenvalue weighted by Crippen LogP contribution is 2.41. The van der Waals surface area contributed by atoms with Crippen molar-refractivity contribution < 1.29 is 0 Å². The Morgan fingerprint density at radius 2 is 1.75 bits per heavy atom. The maximum atomic E-state index is 5.03. The van der Waals surface area contributed by atoms with Gasteiger partial charge in [0.1, 0.15) is 5.65 Å². The fourth-order valence-corrected chi connectivity index (χ4v) is 4.52. The number of piperidine rings is 1. The molecule has 4 heterocycles. The lowest BCUT2D eigenvalue weighted by molar-refractivity contribution is 0.170. The minimum absolute atomic E-state index is 0.0290. The standard InChI is InChI=1S/C23H25N5/c1-26-16-19(15-24-26)17-27-13-10-23(11-14-27,20-7-3-2-4-8-20)21-18-28-12-6-5-9-22(28)25-21/h2-9,12,15-16,18H,10-11,13-14,17H2,1H3. The summed E-state index contributed by atoms with van der Waals surface area (Å²) < 4.78 is 4.02. The topological polar surface area (TPSA) is 38.4 Å². The molecule has 0 unspecified atom stereocenters. The van der Waals surface area contributed by atoms with E-state index in [1.165, 1.54) is 16.8 Å². The SMILES string of the molecule is Cn1cc(CN2CCC(c3ccccc3)(c3cn4ccccc4n3)CC2)cn1. The van der Waals surface area contributed by atoms with Gasteiger partial charge in [-0.2, -0.15) is 5.10 Å². The summed E-state index contributed by atoms with van der Waals surface area (Å²) in [6, 6.07) is 17.1. The van der Waals surface area contributed by atoms with Crippen molar-refractivity contribution in [3.63, 3.8) is 0 Å². The number of aryl methyl sites for hydroxylation is 1. The van der Waals surface area contributed by atoms with Crippen LogP contribution < -0.4 is 0 Å². The van der Waals surface area contributed by atoms with Gasteiger partial charge >= 0.3 is 0 Å². The van der Waals surface area contributed by atoms with E-state index in [0.29, 0.717) is 0 Å². The maximum absolute atomic E-state index is 5.03. The smallest absolute Gasteiger partial charge is 0.137 e. The van der Waals surface area contributed by atoms with Gasteiger partial charge in [0.15, 0.2) is 0 Å². The number of aromatic nitrogens is 4. The third-order valence-corrected chi connectivity index (χ3v) is 6.05. The zero-order valence-electron chi connectivity index (χ0n) is 16.2. The molecular formula is C23H25N5. The van der Waals surface area contributed by atoms with Crippen LogP contribution in [0.3, 0.4) is 0 Å². The average molecular weight is 371 g/mol. The van der Waals surface area contributed by atoms with Crippen molar-refractivity contribution in [2.45, 2.75) is 24.8 Å².